The number of nitrogens with one attached hydrogen (secondary N) is 1. The maximum Gasteiger partial charge on any atom is 0.224 e. The molecule has 0 bridgehead atoms. The van der Waals surface area contributed by atoms with Crippen molar-refractivity contribution < 1.29 is 14.2 Å². The summed E-state index contributed by atoms with van der Waals surface area (Å²) in [6.45, 7) is 1.81. The molecule has 0 aliphatic rings. The van der Waals surface area contributed by atoms with Crippen LogP contribution in [0.5, 0.6) is 17.5 Å². The molecule has 0 aliphatic heterocycles. The van der Waals surface area contributed by atoms with E-state index in [2.05, 4.69) is 15.3 Å². The van der Waals surface area contributed by atoms with E-state index in [0.717, 1.165) is 11.3 Å². The highest BCUT2D eigenvalue weighted by molar-refractivity contribution is 5.34. The van der Waals surface area contributed by atoms with Crippen molar-refractivity contribution in [1.82, 2.24) is 15.3 Å². The molecule has 0 fully saturated rings. The molecule has 2 aromatic rings. The average Bonchev–Trinajstić information content (AvgIpc) is 2.55. The molecule has 6 nitrogen and oxygen atoms in total. The van der Waals surface area contributed by atoms with E-state index in [1.807, 2.05) is 30.3 Å². The summed E-state index contributed by atoms with van der Waals surface area (Å²) < 4.78 is 16.0. The molecule has 2 rings (SSSR count). The highest BCUT2D eigenvalue weighted by Crippen LogP contribution is 2.22. The summed E-state index contributed by atoms with van der Waals surface area (Å²) in [4.78, 5) is 8.14. The third-order valence-electron chi connectivity index (χ3n) is 2.85. The van der Waals surface area contributed by atoms with Crippen molar-refractivity contribution in [1.29, 1.82) is 0 Å². The van der Waals surface area contributed by atoms with Gasteiger partial charge in [0.1, 0.15) is 18.7 Å². The highest BCUT2D eigenvalue weighted by atomic mass is 16.5. The third kappa shape index (κ3) is 4.32. The van der Waals surface area contributed by atoms with E-state index >= 15 is 0 Å². The van der Waals surface area contributed by atoms with Gasteiger partial charge in [-0.25, -0.2) is 9.97 Å². The van der Waals surface area contributed by atoms with E-state index in [-0.39, 0.29) is 0 Å². The van der Waals surface area contributed by atoms with Gasteiger partial charge in [0.2, 0.25) is 11.8 Å². The number of methoxy groups -OCH3 is 2. The summed E-state index contributed by atoms with van der Waals surface area (Å²) in [6.07, 6.45) is 1.42. The topological polar surface area (TPSA) is 65.5 Å². The van der Waals surface area contributed by atoms with Crippen LogP contribution in [0.3, 0.4) is 0 Å². The largest absolute Gasteiger partial charge is 0.492 e. The zero-order chi connectivity index (χ0) is 14.9. The van der Waals surface area contributed by atoms with Crippen molar-refractivity contribution in [2.24, 2.45) is 0 Å². The fraction of sp³-hybridized carbons (Fsp3) is 0.333. The van der Waals surface area contributed by atoms with Gasteiger partial charge in [-0.05, 0) is 12.1 Å². The summed E-state index contributed by atoms with van der Waals surface area (Å²) in [5.41, 5.74) is 0.794. The fourth-order valence-corrected chi connectivity index (χ4v) is 1.86. The van der Waals surface area contributed by atoms with E-state index in [4.69, 9.17) is 14.2 Å². The van der Waals surface area contributed by atoms with Gasteiger partial charge in [-0.2, -0.15) is 0 Å². The molecular weight excluding hydrogens is 270 g/mol. The standard InChI is InChI=1S/C15H19N3O3/c1-19-14-13(15(20-2)18-11-17-14)10-16-8-9-21-12-6-4-3-5-7-12/h3-7,11,16H,8-10H2,1-2H3. The summed E-state index contributed by atoms with van der Waals surface area (Å²) in [7, 11) is 3.15. The molecule has 21 heavy (non-hydrogen) atoms. The quantitative estimate of drug-likeness (QED) is 0.746. The summed E-state index contributed by atoms with van der Waals surface area (Å²) in [6, 6.07) is 9.70. The van der Waals surface area contributed by atoms with Gasteiger partial charge in [0, 0.05) is 13.1 Å². The van der Waals surface area contributed by atoms with Gasteiger partial charge in [0.05, 0.1) is 19.8 Å². The number of aromatic nitrogens is 2. The molecule has 1 heterocycles. The van der Waals surface area contributed by atoms with E-state index in [9.17, 15) is 0 Å². The van der Waals surface area contributed by atoms with Gasteiger partial charge in [-0.1, -0.05) is 18.2 Å². The first-order valence-corrected chi connectivity index (χ1v) is 6.65. The molecule has 0 radical (unpaired) electrons. The molecule has 6 heteroatoms. The Morgan fingerprint density at radius 3 is 2.29 bits per heavy atom. The summed E-state index contributed by atoms with van der Waals surface area (Å²) in [5.74, 6) is 1.88. The maximum absolute atomic E-state index is 5.60. The van der Waals surface area contributed by atoms with E-state index in [1.54, 1.807) is 14.2 Å². The van der Waals surface area contributed by atoms with Crippen LogP contribution in [0, 0.1) is 0 Å². The predicted octanol–water partition coefficient (Wildman–Crippen LogP) is 1.66. The molecule has 0 amide bonds. The third-order valence-corrected chi connectivity index (χ3v) is 2.85. The lowest BCUT2D eigenvalue weighted by Gasteiger charge is -2.12. The number of hydrogen-bond acceptors (Lipinski definition) is 6. The lowest BCUT2D eigenvalue weighted by atomic mass is 10.3. The minimum absolute atomic E-state index is 0.512. The van der Waals surface area contributed by atoms with Crippen LogP contribution in [0.1, 0.15) is 5.56 Å². The Morgan fingerprint density at radius 2 is 1.67 bits per heavy atom. The second kappa shape index (κ2) is 8.06. The number of nitrogens with zero attached hydrogens (tertiary/aromatic N) is 2. The molecule has 0 spiro atoms. The van der Waals surface area contributed by atoms with Gasteiger partial charge in [-0.3, -0.25) is 0 Å². The van der Waals surface area contributed by atoms with Crippen LogP contribution >= 0.6 is 0 Å². The first-order chi connectivity index (χ1) is 10.3. The molecule has 0 unspecified atom stereocenters. The van der Waals surface area contributed by atoms with Crippen molar-refractivity contribution >= 4 is 0 Å². The van der Waals surface area contributed by atoms with E-state index < -0.39 is 0 Å². The number of hydrogen-bond donors (Lipinski definition) is 1. The molecule has 1 aromatic heterocycles. The predicted molar refractivity (Wildman–Crippen MR) is 78.8 cm³/mol. The minimum atomic E-state index is 0.512. The molecule has 0 saturated carbocycles. The Bertz CT molecular complexity index is 527. The second-order valence-electron chi connectivity index (χ2n) is 4.21. The molecular formula is C15H19N3O3. The fourth-order valence-electron chi connectivity index (χ4n) is 1.86. The Hall–Kier alpha value is -2.34. The minimum Gasteiger partial charge on any atom is -0.492 e. The van der Waals surface area contributed by atoms with Crippen molar-refractivity contribution in [2.45, 2.75) is 6.54 Å². The van der Waals surface area contributed by atoms with E-state index in [0.29, 0.717) is 31.5 Å². The van der Waals surface area contributed by atoms with Crippen molar-refractivity contribution in [2.75, 3.05) is 27.4 Å². The van der Waals surface area contributed by atoms with Crippen molar-refractivity contribution in [3.05, 3.63) is 42.2 Å². The van der Waals surface area contributed by atoms with Crippen LogP contribution in [0.4, 0.5) is 0 Å². The van der Waals surface area contributed by atoms with Gasteiger partial charge in [-0.15, -0.1) is 0 Å². The van der Waals surface area contributed by atoms with Crippen LogP contribution in [0.25, 0.3) is 0 Å². The Labute approximate surface area is 124 Å². The normalized spacial score (nSPS) is 10.2. The van der Waals surface area contributed by atoms with Gasteiger partial charge < -0.3 is 19.5 Å². The first kappa shape index (κ1) is 15.1. The van der Waals surface area contributed by atoms with Crippen LogP contribution < -0.4 is 19.5 Å². The Kier molecular flexibility index (Phi) is 5.78. The molecule has 112 valence electrons. The van der Waals surface area contributed by atoms with E-state index in [1.165, 1.54) is 6.33 Å². The van der Waals surface area contributed by atoms with Crippen molar-refractivity contribution in [3.8, 4) is 17.5 Å². The molecule has 0 aliphatic carbocycles. The van der Waals surface area contributed by atoms with Gasteiger partial charge in [0.25, 0.3) is 0 Å². The smallest absolute Gasteiger partial charge is 0.224 e. The van der Waals surface area contributed by atoms with Crippen LogP contribution in [0.15, 0.2) is 36.7 Å². The Balaban J connectivity index is 1.81. The van der Waals surface area contributed by atoms with Crippen molar-refractivity contribution in [3.63, 3.8) is 0 Å². The van der Waals surface area contributed by atoms with Gasteiger partial charge in [0.15, 0.2) is 0 Å². The molecule has 0 atom stereocenters. The maximum atomic E-state index is 5.60. The summed E-state index contributed by atoms with van der Waals surface area (Å²) in [5, 5.41) is 3.26. The van der Waals surface area contributed by atoms with Crippen LogP contribution in [0.2, 0.25) is 0 Å². The number of para-hydroxylation sites is 1. The monoisotopic (exact) mass is 289 g/mol. The second-order valence-corrected chi connectivity index (χ2v) is 4.21. The molecule has 1 N–H and O–H groups in total. The summed E-state index contributed by atoms with van der Waals surface area (Å²) >= 11 is 0. The highest BCUT2D eigenvalue weighted by Gasteiger charge is 2.11. The first-order valence-electron chi connectivity index (χ1n) is 6.65. The van der Waals surface area contributed by atoms with Gasteiger partial charge >= 0.3 is 0 Å². The lowest BCUT2D eigenvalue weighted by Crippen LogP contribution is -2.21. The SMILES string of the molecule is COc1ncnc(OC)c1CNCCOc1ccccc1. The number of rotatable bonds is 8. The van der Waals surface area contributed by atoms with Crippen LogP contribution in [-0.4, -0.2) is 37.3 Å². The average molecular weight is 289 g/mol. The molecule has 0 saturated heterocycles. The lowest BCUT2D eigenvalue weighted by molar-refractivity contribution is 0.311. The Morgan fingerprint density at radius 1 is 1.00 bits per heavy atom. The number of ether oxygens (including phenoxy) is 3. The number of benzene rings is 1. The zero-order valence-electron chi connectivity index (χ0n) is 12.2. The zero-order valence-corrected chi connectivity index (χ0v) is 12.2. The van der Waals surface area contributed by atoms with Crippen LogP contribution in [-0.2, 0) is 6.54 Å². The molecule has 1 aromatic carbocycles.